The molecule has 0 aliphatic heterocycles. The molecule has 0 heterocycles. The van der Waals surface area contributed by atoms with Gasteiger partial charge in [-0.15, -0.1) is 0 Å². The summed E-state index contributed by atoms with van der Waals surface area (Å²) in [4.78, 5) is 0.0592. The van der Waals surface area contributed by atoms with Gasteiger partial charge in [0.05, 0.1) is 0 Å². The number of alkyl halides is 1. The van der Waals surface area contributed by atoms with E-state index in [1.807, 2.05) is 24.3 Å². The minimum Gasteiger partial charge on any atom is -0.207 e. The van der Waals surface area contributed by atoms with Crippen molar-refractivity contribution in [3.8, 4) is 0 Å². The second-order valence-electron chi connectivity index (χ2n) is 3.92. The highest BCUT2D eigenvalue weighted by Gasteiger charge is 2.14. The Morgan fingerprint density at radius 2 is 1.83 bits per heavy atom. The van der Waals surface area contributed by atoms with Crippen LogP contribution in [0.4, 0.5) is 4.39 Å². The molecule has 0 fully saturated rings. The zero-order valence-corrected chi connectivity index (χ0v) is 13.8. The van der Waals surface area contributed by atoms with Crippen molar-refractivity contribution in [1.29, 1.82) is 0 Å². The van der Waals surface area contributed by atoms with Crippen molar-refractivity contribution in [1.82, 2.24) is 0 Å². The zero-order chi connectivity index (χ0) is 13.1. The van der Waals surface area contributed by atoms with E-state index in [4.69, 9.17) is 11.6 Å². The Balaban J connectivity index is 2.21. The number of rotatable bonds is 3. The van der Waals surface area contributed by atoms with Crippen LogP contribution in [0.1, 0.15) is 16.0 Å². The molecule has 0 spiro atoms. The highest BCUT2D eigenvalue weighted by molar-refractivity contribution is 14.1. The molecule has 94 valence electrons. The van der Waals surface area contributed by atoms with Gasteiger partial charge in [-0.2, -0.15) is 0 Å². The first kappa shape index (κ1) is 14.3. The van der Waals surface area contributed by atoms with Crippen LogP contribution in [-0.2, 0) is 6.42 Å². The van der Waals surface area contributed by atoms with Crippen LogP contribution >= 0.6 is 50.1 Å². The standard InChI is InChI=1S/C14H10BrClFI/c15-12(9-4-6-10(18)7-5-9)8-11-13(16)2-1-3-14(11)17/h1-7,12H,8H2. The molecule has 0 aromatic heterocycles. The molecule has 0 aliphatic rings. The summed E-state index contributed by atoms with van der Waals surface area (Å²) in [7, 11) is 0. The SMILES string of the molecule is Fc1cccc(Cl)c1CC(Br)c1ccc(I)cc1. The van der Waals surface area contributed by atoms with Crippen LogP contribution in [0, 0.1) is 9.39 Å². The lowest BCUT2D eigenvalue weighted by Crippen LogP contribution is -1.99. The second-order valence-corrected chi connectivity index (χ2v) is 6.68. The third-order valence-electron chi connectivity index (χ3n) is 2.68. The van der Waals surface area contributed by atoms with Gasteiger partial charge in [0.25, 0.3) is 0 Å². The summed E-state index contributed by atoms with van der Waals surface area (Å²) in [5.41, 5.74) is 1.68. The number of halogens is 4. The van der Waals surface area contributed by atoms with Crippen LogP contribution in [0.5, 0.6) is 0 Å². The minimum atomic E-state index is -0.252. The van der Waals surface area contributed by atoms with Gasteiger partial charge in [-0.05, 0) is 58.8 Å². The molecule has 0 N–H and O–H groups in total. The molecule has 0 amide bonds. The molecule has 18 heavy (non-hydrogen) atoms. The molecule has 1 atom stereocenters. The zero-order valence-electron chi connectivity index (χ0n) is 9.34. The molecule has 2 rings (SSSR count). The molecular formula is C14H10BrClFI. The van der Waals surface area contributed by atoms with Gasteiger partial charge in [0.1, 0.15) is 5.82 Å². The predicted molar refractivity (Wildman–Crippen MR) is 85.9 cm³/mol. The first-order chi connectivity index (χ1) is 8.58. The summed E-state index contributed by atoms with van der Waals surface area (Å²) < 4.78 is 14.9. The van der Waals surface area contributed by atoms with Gasteiger partial charge in [0, 0.05) is 19.0 Å². The molecule has 0 saturated heterocycles. The Labute approximate surface area is 133 Å². The van der Waals surface area contributed by atoms with Crippen LogP contribution in [0.3, 0.4) is 0 Å². The third-order valence-corrected chi connectivity index (χ3v) is 4.60. The molecule has 0 saturated carbocycles. The summed E-state index contributed by atoms with van der Waals surface area (Å²) >= 11 is 11.9. The lowest BCUT2D eigenvalue weighted by Gasteiger charge is -2.12. The summed E-state index contributed by atoms with van der Waals surface area (Å²) in [5.74, 6) is -0.252. The Kier molecular flexibility index (Phi) is 5.04. The van der Waals surface area contributed by atoms with Crippen LogP contribution in [-0.4, -0.2) is 0 Å². The predicted octanol–water partition coefficient (Wildman–Crippen LogP) is 5.76. The average molecular weight is 439 g/mol. The van der Waals surface area contributed by atoms with E-state index in [0.717, 1.165) is 5.56 Å². The van der Waals surface area contributed by atoms with Crippen molar-refractivity contribution in [2.24, 2.45) is 0 Å². The van der Waals surface area contributed by atoms with E-state index in [9.17, 15) is 4.39 Å². The highest BCUT2D eigenvalue weighted by atomic mass is 127. The maximum Gasteiger partial charge on any atom is 0.127 e. The van der Waals surface area contributed by atoms with Gasteiger partial charge >= 0.3 is 0 Å². The van der Waals surface area contributed by atoms with Crippen molar-refractivity contribution in [2.45, 2.75) is 11.2 Å². The van der Waals surface area contributed by atoms with E-state index >= 15 is 0 Å². The summed E-state index contributed by atoms with van der Waals surface area (Å²) in [6, 6.07) is 12.9. The van der Waals surface area contributed by atoms with E-state index in [1.165, 1.54) is 9.64 Å². The Morgan fingerprint density at radius 3 is 2.44 bits per heavy atom. The van der Waals surface area contributed by atoms with E-state index < -0.39 is 0 Å². The lowest BCUT2D eigenvalue weighted by atomic mass is 10.0. The minimum absolute atomic E-state index is 0.0592. The van der Waals surface area contributed by atoms with Crippen molar-refractivity contribution >= 4 is 50.1 Å². The summed E-state index contributed by atoms with van der Waals surface area (Å²) in [6.45, 7) is 0. The fourth-order valence-electron chi connectivity index (χ4n) is 1.70. The van der Waals surface area contributed by atoms with Gasteiger partial charge in [-0.25, -0.2) is 4.39 Å². The van der Waals surface area contributed by atoms with Gasteiger partial charge in [-0.1, -0.05) is 45.7 Å². The average Bonchev–Trinajstić information content (AvgIpc) is 2.34. The van der Waals surface area contributed by atoms with Crippen molar-refractivity contribution in [3.63, 3.8) is 0 Å². The molecule has 4 heteroatoms. The summed E-state index contributed by atoms with van der Waals surface area (Å²) in [6.07, 6.45) is 0.534. The molecule has 2 aromatic carbocycles. The monoisotopic (exact) mass is 438 g/mol. The fourth-order valence-corrected chi connectivity index (χ4v) is 2.92. The first-order valence-electron chi connectivity index (χ1n) is 5.40. The van der Waals surface area contributed by atoms with E-state index in [1.54, 1.807) is 12.1 Å². The highest BCUT2D eigenvalue weighted by Crippen LogP contribution is 2.31. The van der Waals surface area contributed by atoms with Gasteiger partial charge < -0.3 is 0 Å². The van der Waals surface area contributed by atoms with Gasteiger partial charge in [0.15, 0.2) is 0 Å². The molecule has 0 radical (unpaired) electrons. The normalized spacial score (nSPS) is 12.4. The van der Waals surface area contributed by atoms with Crippen molar-refractivity contribution in [3.05, 3.63) is 68.0 Å². The largest absolute Gasteiger partial charge is 0.207 e. The number of benzene rings is 2. The second kappa shape index (κ2) is 6.35. The van der Waals surface area contributed by atoms with Gasteiger partial charge in [-0.3, -0.25) is 0 Å². The molecule has 0 nitrogen and oxygen atoms in total. The molecule has 0 bridgehead atoms. The van der Waals surface area contributed by atoms with Crippen LogP contribution in [0.25, 0.3) is 0 Å². The maximum atomic E-state index is 13.7. The quantitative estimate of drug-likeness (QED) is 0.421. The molecule has 0 aliphatic carbocycles. The van der Waals surface area contributed by atoms with E-state index in [0.29, 0.717) is 17.0 Å². The molecular weight excluding hydrogens is 429 g/mol. The first-order valence-corrected chi connectivity index (χ1v) is 7.77. The Morgan fingerprint density at radius 1 is 1.17 bits per heavy atom. The van der Waals surface area contributed by atoms with Crippen LogP contribution in [0.2, 0.25) is 5.02 Å². The number of hydrogen-bond donors (Lipinski definition) is 0. The van der Waals surface area contributed by atoms with Crippen LogP contribution in [0.15, 0.2) is 42.5 Å². The van der Waals surface area contributed by atoms with Crippen LogP contribution < -0.4 is 0 Å². The Hall–Kier alpha value is -0.130. The lowest BCUT2D eigenvalue weighted by molar-refractivity contribution is 0.608. The summed E-state index contributed by atoms with van der Waals surface area (Å²) in [5, 5.41) is 0.477. The number of hydrogen-bond acceptors (Lipinski definition) is 0. The Bertz CT molecular complexity index is 522. The third kappa shape index (κ3) is 3.45. The van der Waals surface area contributed by atoms with Crippen molar-refractivity contribution < 1.29 is 4.39 Å². The fraction of sp³-hybridized carbons (Fsp3) is 0.143. The maximum absolute atomic E-state index is 13.7. The van der Waals surface area contributed by atoms with E-state index in [2.05, 4.69) is 38.5 Å². The van der Waals surface area contributed by atoms with Gasteiger partial charge in [0.2, 0.25) is 0 Å². The topological polar surface area (TPSA) is 0 Å². The van der Waals surface area contributed by atoms with Crippen molar-refractivity contribution in [2.75, 3.05) is 0 Å². The molecule has 2 aromatic rings. The molecule has 1 unspecified atom stereocenters. The smallest absolute Gasteiger partial charge is 0.127 e. The van der Waals surface area contributed by atoms with E-state index in [-0.39, 0.29) is 10.6 Å².